The lowest BCUT2D eigenvalue weighted by atomic mass is 10.1. The molecule has 0 saturated heterocycles. The Morgan fingerprint density at radius 1 is 1.40 bits per heavy atom. The Labute approximate surface area is 86.4 Å². The Balaban J connectivity index is 2.85. The Hall–Kier alpha value is -2.17. The standard InChI is InChI=1S/C10H10N2O3/c1-7(13)8-4-2-3-5-9(8)12-11-6-10(14)15/h2-6,12H,1H3,(H,14,15)/b11-6+. The molecule has 0 fully saturated rings. The monoisotopic (exact) mass is 206 g/mol. The number of rotatable bonds is 4. The van der Waals surface area contributed by atoms with Gasteiger partial charge >= 0.3 is 5.97 Å². The van der Waals surface area contributed by atoms with Crippen LogP contribution in [0.15, 0.2) is 29.4 Å². The lowest BCUT2D eigenvalue weighted by Gasteiger charge is -2.04. The second kappa shape index (κ2) is 4.90. The van der Waals surface area contributed by atoms with Crippen LogP contribution in [-0.2, 0) is 4.79 Å². The van der Waals surface area contributed by atoms with Crippen molar-refractivity contribution in [2.75, 3.05) is 5.43 Å². The van der Waals surface area contributed by atoms with Crippen molar-refractivity contribution in [3.05, 3.63) is 29.8 Å². The van der Waals surface area contributed by atoms with Gasteiger partial charge in [0.25, 0.3) is 0 Å². The number of carboxylic acid groups (broad SMARTS) is 1. The number of hydrogen-bond donors (Lipinski definition) is 2. The van der Waals surface area contributed by atoms with Crippen LogP contribution in [0.4, 0.5) is 5.69 Å². The van der Waals surface area contributed by atoms with Gasteiger partial charge < -0.3 is 5.11 Å². The fourth-order valence-corrected chi connectivity index (χ4v) is 1.04. The molecule has 1 aromatic carbocycles. The molecular weight excluding hydrogens is 196 g/mol. The molecule has 0 radical (unpaired) electrons. The molecule has 0 saturated carbocycles. The van der Waals surface area contributed by atoms with E-state index in [9.17, 15) is 9.59 Å². The summed E-state index contributed by atoms with van der Waals surface area (Å²) in [6.45, 7) is 1.43. The number of ketones is 1. The highest BCUT2D eigenvalue weighted by Crippen LogP contribution is 2.14. The highest BCUT2D eigenvalue weighted by Gasteiger charge is 2.04. The summed E-state index contributed by atoms with van der Waals surface area (Å²) in [6, 6.07) is 6.74. The summed E-state index contributed by atoms with van der Waals surface area (Å²) < 4.78 is 0. The first kappa shape index (κ1) is 10.9. The van der Waals surface area contributed by atoms with Crippen LogP contribution in [0.1, 0.15) is 17.3 Å². The number of carbonyl (C=O) groups excluding carboxylic acids is 1. The Morgan fingerprint density at radius 2 is 2.07 bits per heavy atom. The zero-order valence-electron chi connectivity index (χ0n) is 8.10. The molecule has 0 aromatic heterocycles. The summed E-state index contributed by atoms with van der Waals surface area (Å²) in [5, 5.41) is 11.8. The second-order valence-corrected chi connectivity index (χ2v) is 2.81. The van der Waals surface area contributed by atoms with Gasteiger partial charge in [0.2, 0.25) is 0 Å². The number of para-hydroxylation sites is 1. The summed E-state index contributed by atoms with van der Waals surface area (Å²) in [5.41, 5.74) is 3.45. The number of hydrazone groups is 1. The SMILES string of the molecule is CC(=O)c1ccccc1N/N=C/C(=O)O. The summed E-state index contributed by atoms with van der Waals surface area (Å²) in [6.07, 6.45) is 0.719. The smallest absolute Gasteiger partial charge is 0.348 e. The first-order valence-electron chi connectivity index (χ1n) is 4.23. The van der Waals surface area contributed by atoms with Gasteiger partial charge in [-0.25, -0.2) is 4.79 Å². The minimum atomic E-state index is -1.15. The summed E-state index contributed by atoms with van der Waals surface area (Å²) in [7, 11) is 0. The third-order valence-corrected chi connectivity index (χ3v) is 1.67. The van der Waals surface area contributed by atoms with E-state index >= 15 is 0 Å². The van der Waals surface area contributed by atoms with Gasteiger partial charge in [-0.1, -0.05) is 12.1 Å². The number of hydrogen-bond acceptors (Lipinski definition) is 4. The summed E-state index contributed by atoms with van der Waals surface area (Å²) in [4.78, 5) is 21.3. The number of carboxylic acids is 1. The van der Waals surface area contributed by atoms with Gasteiger partial charge in [0.15, 0.2) is 5.78 Å². The molecule has 0 aliphatic heterocycles. The van der Waals surface area contributed by atoms with E-state index < -0.39 is 5.97 Å². The van der Waals surface area contributed by atoms with Crippen molar-refractivity contribution in [1.82, 2.24) is 0 Å². The maximum Gasteiger partial charge on any atom is 0.348 e. The number of carbonyl (C=O) groups is 2. The number of anilines is 1. The van der Waals surface area contributed by atoms with Crippen molar-refractivity contribution in [2.45, 2.75) is 6.92 Å². The third kappa shape index (κ3) is 3.22. The maximum atomic E-state index is 11.2. The predicted octanol–water partition coefficient (Wildman–Crippen LogP) is 1.37. The second-order valence-electron chi connectivity index (χ2n) is 2.81. The number of nitrogens with zero attached hydrogens (tertiary/aromatic N) is 1. The molecule has 15 heavy (non-hydrogen) atoms. The summed E-state index contributed by atoms with van der Waals surface area (Å²) >= 11 is 0. The Morgan fingerprint density at radius 3 is 2.67 bits per heavy atom. The van der Waals surface area contributed by atoms with E-state index in [1.54, 1.807) is 24.3 Å². The number of nitrogens with one attached hydrogen (secondary N) is 1. The van der Waals surface area contributed by atoms with E-state index in [1.807, 2.05) is 0 Å². The maximum absolute atomic E-state index is 11.2. The fourth-order valence-electron chi connectivity index (χ4n) is 1.04. The zero-order chi connectivity index (χ0) is 11.3. The van der Waals surface area contributed by atoms with Crippen molar-refractivity contribution < 1.29 is 14.7 Å². The molecular formula is C10H10N2O3. The van der Waals surface area contributed by atoms with Crippen LogP contribution in [-0.4, -0.2) is 23.1 Å². The topological polar surface area (TPSA) is 78.8 Å². The third-order valence-electron chi connectivity index (χ3n) is 1.67. The lowest BCUT2D eigenvalue weighted by molar-refractivity contribution is -0.128. The first-order chi connectivity index (χ1) is 7.11. The van der Waals surface area contributed by atoms with E-state index in [4.69, 9.17) is 5.11 Å². The molecule has 2 N–H and O–H groups in total. The molecule has 0 aliphatic rings. The van der Waals surface area contributed by atoms with Gasteiger partial charge in [0.05, 0.1) is 5.69 Å². The highest BCUT2D eigenvalue weighted by molar-refractivity contribution is 6.22. The fraction of sp³-hybridized carbons (Fsp3) is 0.100. The van der Waals surface area contributed by atoms with Crippen LogP contribution in [0.25, 0.3) is 0 Å². The van der Waals surface area contributed by atoms with Crippen molar-refractivity contribution in [1.29, 1.82) is 0 Å². The van der Waals surface area contributed by atoms with Crippen molar-refractivity contribution in [2.24, 2.45) is 5.10 Å². The molecule has 5 heteroatoms. The number of aliphatic carboxylic acids is 1. The molecule has 78 valence electrons. The van der Waals surface area contributed by atoms with Gasteiger partial charge in [-0.05, 0) is 19.1 Å². The average molecular weight is 206 g/mol. The first-order valence-corrected chi connectivity index (χ1v) is 4.23. The largest absolute Gasteiger partial charge is 0.477 e. The molecule has 1 rings (SSSR count). The van der Waals surface area contributed by atoms with Gasteiger partial charge in [0, 0.05) is 5.56 Å². The Kier molecular flexibility index (Phi) is 3.56. The number of Topliss-reactive ketones (excluding diaryl/α,β-unsaturated/α-hetero) is 1. The quantitative estimate of drug-likeness (QED) is 0.443. The molecule has 5 nitrogen and oxygen atoms in total. The molecule has 1 aromatic rings. The van der Waals surface area contributed by atoms with E-state index in [1.165, 1.54) is 6.92 Å². The molecule has 0 amide bonds. The summed E-state index contributed by atoms with van der Waals surface area (Å²) in [5.74, 6) is -1.26. The van der Waals surface area contributed by atoms with Crippen LogP contribution in [0.3, 0.4) is 0 Å². The van der Waals surface area contributed by atoms with E-state index in [2.05, 4.69) is 10.5 Å². The molecule has 0 heterocycles. The molecule has 0 aliphatic carbocycles. The van der Waals surface area contributed by atoms with Crippen molar-refractivity contribution >= 4 is 23.7 Å². The van der Waals surface area contributed by atoms with Crippen LogP contribution < -0.4 is 5.43 Å². The van der Waals surface area contributed by atoms with Crippen LogP contribution in [0.5, 0.6) is 0 Å². The molecule has 0 atom stereocenters. The Bertz CT molecular complexity index is 413. The molecule has 0 spiro atoms. The van der Waals surface area contributed by atoms with Crippen molar-refractivity contribution in [3.8, 4) is 0 Å². The van der Waals surface area contributed by atoms with Crippen LogP contribution in [0, 0.1) is 0 Å². The molecule has 0 unspecified atom stereocenters. The zero-order valence-corrected chi connectivity index (χ0v) is 8.10. The average Bonchev–Trinajstić information content (AvgIpc) is 2.17. The number of benzene rings is 1. The minimum Gasteiger partial charge on any atom is -0.477 e. The minimum absolute atomic E-state index is 0.108. The van der Waals surface area contributed by atoms with Crippen molar-refractivity contribution in [3.63, 3.8) is 0 Å². The van der Waals surface area contributed by atoms with E-state index in [-0.39, 0.29) is 5.78 Å². The van der Waals surface area contributed by atoms with Gasteiger partial charge in [-0.3, -0.25) is 10.2 Å². The lowest BCUT2D eigenvalue weighted by Crippen LogP contribution is -2.02. The van der Waals surface area contributed by atoms with E-state index in [0.29, 0.717) is 11.3 Å². The van der Waals surface area contributed by atoms with Gasteiger partial charge in [0.1, 0.15) is 6.21 Å². The predicted molar refractivity (Wildman–Crippen MR) is 56.2 cm³/mol. The van der Waals surface area contributed by atoms with Gasteiger partial charge in [-0.2, -0.15) is 5.10 Å². The highest BCUT2D eigenvalue weighted by atomic mass is 16.4. The normalized spacial score (nSPS) is 10.2. The van der Waals surface area contributed by atoms with Crippen LogP contribution in [0.2, 0.25) is 0 Å². The van der Waals surface area contributed by atoms with E-state index in [0.717, 1.165) is 6.21 Å². The van der Waals surface area contributed by atoms with Gasteiger partial charge in [-0.15, -0.1) is 0 Å². The van der Waals surface area contributed by atoms with Crippen LogP contribution >= 0.6 is 0 Å². The molecule has 0 bridgehead atoms.